The lowest BCUT2D eigenvalue weighted by Gasteiger charge is -2.34. The topological polar surface area (TPSA) is 52.0 Å². The summed E-state index contributed by atoms with van der Waals surface area (Å²) in [4.78, 5) is 0. The molecule has 0 rings (SSSR count). The van der Waals surface area contributed by atoms with E-state index in [2.05, 4.69) is 20.8 Å². The van der Waals surface area contributed by atoms with Crippen LogP contribution in [0.1, 0.15) is 78.6 Å². The van der Waals surface area contributed by atoms with Gasteiger partial charge in [-0.05, 0) is 25.2 Å². The van der Waals surface area contributed by atoms with Gasteiger partial charge in [-0.2, -0.15) is 0 Å². The Labute approximate surface area is 102 Å². The second kappa shape index (κ2) is 9.00. The maximum atomic E-state index is 6.31. The van der Waals surface area contributed by atoms with Crippen LogP contribution >= 0.6 is 0 Å². The van der Waals surface area contributed by atoms with Crippen LogP contribution in [0.4, 0.5) is 0 Å². The number of hydrogen-bond donors (Lipinski definition) is 2. The van der Waals surface area contributed by atoms with Crippen LogP contribution in [0.25, 0.3) is 0 Å². The zero-order chi connectivity index (χ0) is 12.4. The van der Waals surface area contributed by atoms with Crippen molar-refractivity contribution in [3.8, 4) is 0 Å². The van der Waals surface area contributed by atoms with Crippen LogP contribution in [-0.2, 0) is 0 Å². The van der Waals surface area contributed by atoms with E-state index >= 15 is 0 Å². The summed E-state index contributed by atoms with van der Waals surface area (Å²) in [5.41, 5.74) is 12.2. The molecule has 0 aliphatic heterocycles. The van der Waals surface area contributed by atoms with E-state index in [4.69, 9.17) is 11.5 Å². The van der Waals surface area contributed by atoms with Gasteiger partial charge in [0.2, 0.25) is 0 Å². The molecule has 0 spiro atoms. The average molecular weight is 228 g/mol. The highest BCUT2D eigenvalue weighted by atomic mass is 15.0. The highest BCUT2D eigenvalue weighted by Gasteiger charge is 2.28. The molecule has 2 nitrogen and oxygen atoms in total. The van der Waals surface area contributed by atoms with Gasteiger partial charge in [-0.1, -0.05) is 59.3 Å². The molecule has 0 heterocycles. The summed E-state index contributed by atoms with van der Waals surface area (Å²) in [6.07, 6.45) is 10.7. The highest BCUT2D eigenvalue weighted by Crippen LogP contribution is 2.26. The maximum absolute atomic E-state index is 6.31. The molecule has 0 saturated carbocycles. The van der Waals surface area contributed by atoms with E-state index in [0.29, 0.717) is 5.92 Å². The first-order chi connectivity index (χ1) is 7.58. The molecule has 0 aromatic heterocycles. The Balaban J connectivity index is 4.20. The fourth-order valence-corrected chi connectivity index (χ4v) is 2.27. The van der Waals surface area contributed by atoms with Gasteiger partial charge >= 0.3 is 0 Å². The summed E-state index contributed by atoms with van der Waals surface area (Å²) in [7, 11) is 0. The Morgan fingerprint density at radius 1 is 0.812 bits per heavy atom. The van der Waals surface area contributed by atoms with Crippen LogP contribution in [0.3, 0.4) is 0 Å². The van der Waals surface area contributed by atoms with Crippen LogP contribution in [0.5, 0.6) is 0 Å². The van der Waals surface area contributed by atoms with E-state index in [1.54, 1.807) is 0 Å². The minimum absolute atomic E-state index is 0.430. The van der Waals surface area contributed by atoms with Crippen molar-refractivity contribution in [2.45, 2.75) is 84.2 Å². The predicted octanol–water partition coefficient (Wildman–Crippen LogP) is 3.79. The van der Waals surface area contributed by atoms with E-state index in [0.717, 1.165) is 12.8 Å². The lowest BCUT2D eigenvalue weighted by Crippen LogP contribution is -2.55. The molecule has 0 atom stereocenters. The standard InChI is InChI=1S/C14H32N2/c1-4-7-10-13(11-8-5-2)14(15,16)12-9-6-3/h13H,4-12,15-16H2,1-3H3. The third-order valence-electron chi connectivity index (χ3n) is 3.54. The van der Waals surface area contributed by atoms with Crippen molar-refractivity contribution in [2.24, 2.45) is 17.4 Å². The number of unbranched alkanes of at least 4 members (excludes halogenated alkanes) is 3. The molecule has 16 heavy (non-hydrogen) atoms. The van der Waals surface area contributed by atoms with Crippen LogP contribution < -0.4 is 11.5 Å². The molecule has 0 bridgehead atoms. The normalized spacial score (nSPS) is 12.4. The average Bonchev–Trinajstić information content (AvgIpc) is 2.26. The van der Waals surface area contributed by atoms with Gasteiger partial charge in [0, 0.05) is 0 Å². The second-order valence-electron chi connectivity index (χ2n) is 5.20. The molecule has 0 unspecified atom stereocenters. The quantitative estimate of drug-likeness (QED) is 0.559. The smallest absolute Gasteiger partial charge is 0.0665 e. The SMILES string of the molecule is CCCCC(CCCC)C(N)(N)CCCC. The lowest BCUT2D eigenvalue weighted by molar-refractivity contribution is 0.218. The minimum atomic E-state index is -0.430. The van der Waals surface area contributed by atoms with Gasteiger partial charge in [0.15, 0.2) is 0 Å². The first-order valence-electron chi connectivity index (χ1n) is 7.16. The molecular formula is C14H32N2. The number of hydrogen-bond acceptors (Lipinski definition) is 2. The van der Waals surface area contributed by atoms with E-state index < -0.39 is 5.66 Å². The Morgan fingerprint density at radius 2 is 1.25 bits per heavy atom. The van der Waals surface area contributed by atoms with Gasteiger partial charge in [0.05, 0.1) is 5.66 Å². The van der Waals surface area contributed by atoms with Gasteiger partial charge in [-0.25, -0.2) is 0 Å². The third-order valence-corrected chi connectivity index (χ3v) is 3.54. The van der Waals surface area contributed by atoms with Crippen LogP contribution in [0.2, 0.25) is 0 Å². The Hall–Kier alpha value is -0.0800. The molecule has 0 radical (unpaired) electrons. The van der Waals surface area contributed by atoms with Crippen molar-refractivity contribution in [3.63, 3.8) is 0 Å². The fraction of sp³-hybridized carbons (Fsp3) is 1.00. The first kappa shape index (κ1) is 15.9. The third kappa shape index (κ3) is 6.49. The summed E-state index contributed by atoms with van der Waals surface area (Å²) < 4.78 is 0. The van der Waals surface area contributed by atoms with E-state index in [-0.39, 0.29) is 0 Å². The van der Waals surface area contributed by atoms with Gasteiger partial charge < -0.3 is 11.5 Å². The van der Waals surface area contributed by atoms with Crippen LogP contribution in [-0.4, -0.2) is 5.66 Å². The molecule has 0 fully saturated rings. The molecule has 0 amide bonds. The predicted molar refractivity (Wildman–Crippen MR) is 73.2 cm³/mol. The molecule has 0 saturated heterocycles. The molecular weight excluding hydrogens is 196 g/mol. The monoisotopic (exact) mass is 228 g/mol. The summed E-state index contributed by atoms with van der Waals surface area (Å²) in [5.74, 6) is 0.513. The van der Waals surface area contributed by atoms with Gasteiger partial charge in [-0.3, -0.25) is 0 Å². The molecule has 0 aliphatic rings. The summed E-state index contributed by atoms with van der Waals surface area (Å²) >= 11 is 0. The van der Waals surface area contributed by atoms with E-state index in [1.165, 1.54) is 44.9 Å². The van der Waals surface area contributed by atoms with Crippen molar-refractivity contribution < 1.29 is 0 Å². The van der Waals surface area contributed by atoms with Crippen molar-refractivity contribution in [3.05, 3.63) is 0 Å². The highest BCUT2D eigenvalue weighted by molar-refractivity contribution is 4.85. The van der Waals surface area contributed by atoms with Gasteiger partial charge in [0.25, 0.3) is 0 Å². The number of rotatable bonds is 10. The Bertz CT molecular complexity index is 147. The van der Waals surface area contributed by atoms with E-state index in [1.807, 2.05) is 0 Å². The lowest BCUT2D eigenvalue weighted by atomic mass is 9.82. The van der Waals surface area contributed by atoms with E-state index in [9.17, 15) is 0 Å². The Morgan fingerprint density at radius 3 is 1.62 bits per heavy atom. The molecule has 0 aromatic rings. The van der Waals surface area contributed by atoms with Crippen LogP contribution in [0.15, 0.2) is 0 Å². The Kier molecular flexibility index (Phi) is 8.96. The molecule has 0 aromatic carbocycles. The zero-order valence-electron chi connectivity index (χ0n) is 11.6. The largest absolute Gasteiger partial charge is 0.313 e. The summed E-state index contributed by atoms with van der Waals surface area (Å²) in [6.45, 7) is 6.67. The van der Waals surface area contributed by atoms with Gasteiger partial charge in [-0.15, -0.1) is 0 Å². The van der Waals surface area contributed by atoms with Crippen LogP contribution in [0, 0.1) is 5.92 Å². The molecule has 98 valence electrons. The molecule has 0 aliphatic carbocycles. The summed E-state index contributed by atoms with van der Waals surface area (Å²) in [5, 5.41) is 0. The maximum Gasteiger partial charge on any atom is 0.0665 e. The van der Waals surface area contributed by atoms with Crippen molar-refractivity contribution in [2.75, 3.05) is 0 Å². The fourth-order valence-electron chi connectivity index (χ4n) is 2.27. The first-order valence-corrected chi connectivity index (χ1v) is 7.16. The van der Waals surface area contributed by atoms with Gasteiger partial charge in [0.1, 0.15) is 0 Å². The van der Waals surface area contributed by atoms with Crippen molar-refractivity contribution in [1.29, 1.82) is 0 Å². The number of nitrogens with two attached hydrogens (primary N) is 2. The minimum Gasteiger partial charge on any atom is -0.313 e. The molecule has 2 heteroatoms. The molecule has 4 N–H and O–H groups in total. The van der Waals surface area contributed by atoms with Crippen molar-refractivity contribution >= 4 is 0 Å². The van der Waals surface area contributed by atoms with Crippen molar-refractivity contribution in [1.82, 2.24) is 0 Å². The second-order valence-corrected chi connectivity index (χ2v) is 5.20. The summed E-state index contributed by atoms with van der Waals surface area (Å²) in [6, 6.07) is 0. The zero-order valence-corrected chi connectivity index (χ0v) is 11.6.